The van der Waals surface area contributed by atoms with Gasteiger partial charge in [0.15, 0.2) is 0 Å². The third kappa shape index (κ3) is 4.85. The lowest BCUT2D eigenvalue weighted by Gasteiger charge is -2.35. The normalized spacial score (nSPS) is 15.8. The fraction of sp³-hybridized carbons (Fsp3) is 0.357. The van der Waals surface area contributed by atoms with Crippen molar-refractivity contribution >= 4 is 11.0 Å². The summed E-state index contributed by atoms with van der Waals surface area (Å²) in [5.74, 6) is 1.13. The summed E-state index contributed by atoms with van der Waals surface area (Å²) in [6.45, 7) is 3.37. The molecule has 2 aromatic carbocycles. The zero-order chi connectivity index (χ0) is 22.5. The van der Waals surface area contributed by atoms with Crippen LogP contribution in [0.3, 0.4) is 0 Å². The van der Waals surface area contributed by atoms with E-state index >= 15 is 0 Å². The topological polar surface area (TPSA) is 60.0 Å². The summed E-state index contributed by atoms with van der Waals surface area (Å²) >= 11 is 0. The van der Waals surface area contributed by atoms with Crippen LogP contribution in [0, 0.1) is 0 Å². The second-order valence-corrected chi connectivity index (χ2v) is 8.97. The molecular formula is C28H33N5. The Morgan fingerprint density at radius 1 is 1.00 bits per heavy atom. The lowest BCUT2D eigenvalue weighted by molar-refractivity contribution is 0.162. The van der Waals surface area contributed by atoms with Gasteiger partial charge >= 0.3 is 0 Å². The number of aryl methyl sites for hydroxylation is 2. The maximum atomic E-state index is 5.87. The van der Waals surface area contributed by atoms with Crippen molar-refractivity contribution in [2.75, 3.05) is 13.1 Å². The van der Waals surface area contributed by atoms with E-state index in [1.165, 1.54) is 28.8 Å². The molecule has 0 unspecified atom stereocenters. The third-order valence-electron chi connectivity index (χ3n) is 6.80. The number of imidazole rings is 1. The predicted octanol–water partition coefficient (Wildman–Crippen LogP) is 4.90. The number of nitrogens with zero attached hydrogens (tertiary/aromatic N) is 4. The van der Waals surface area contributed by atoms with Gasteiger partial charge in [0.2, 0.25) is 0 Å². The fourth-order valence-electron chi connectivity index (χ4n) is 5.13. The van der Waals surface area contributed by atoms with Crippen molar-refractivity contribution in [3.8, 4) is 0 Å². The van der Waals surface area contributed by atoms with Crippen molar-refractivity contribution in [1.29, 1.82) is 0 Å². The van der Waals surface area contributed by atoms with Crippen molar-refractivity contribution in [2.24, 2.45) is 5.73 Å². The number of pyridine rings is 1. The summed E-state index contributed by atoms with van der Waals surface area (Å²) in [5, 5.41) is 0. The van der Waals surface area contributed by atoms with E-state index in [2.05, 4.69) is 76.2 Å². The Labute approximate surface area is 196 Å². The Morgan fingerprint density at radius 2 is 1.85 bits per heavy atom. The molecule has 5 nitrogen and oxygen atoms in total. The van der Waals surface area contributed by atoms with E-state index in [0.29, 0.717) is 12.6 Å². The second kappa shape index (κ2) is 10.3. The highest BCUT2D eigenvalue weighted by Crippen LogP contribution is 2.34. The number of hydrogen-bond donors (Lipinski definition) is 1. The molecule has 5 rings (SSSR count). The molecule has 5 heteroatoms. The summed E-state index contributed by atoms with van der Waals surface area (Å²) < 4.78 is 2.37. The minimum absolute atomic E-state index is 0.321. The molecule has 2 N–H and O–H groups in total. The van der Waals surface area contributed by atoms with Crippen LogP contribution in [0.5, 0.6) is 0 Å². The van der Waals surface area contributed by atoms with Crippen LogP contribution in [0.25, 0.3) is 11.0 Å². The standard InChI is InChI=1S/C28H33N5/c29-17-8-19-33-25-14-5-4-13-24(25)31-27(33)21-32(20-16-22-9-2-1-3-10-22)26-15-6-11-23-12-7-18-30-28(23)26/h1-5,7,9-10,12-14,18,26H,6,8,11,15-17,19-21,29H2/t26-/m0/s1. The SMILES string of the molecule is NCCCn1c(CN(CCc2ccccc2)[C@H]2CCCc3cccnc32)nc2ccccc21. The van der Waals surface area contributed by atoms with Crippen LogP contribution in [0.1, 0.15) is 47.9 Å². The van der Waals surface area contributed by atoms with Crippen LogP contribution in [0.2, 0.25) is 0 Å². The lowest BCUT2D eigenvalue weighted by atomic mass is 9.90. The molecule has 2 aromatic heterocycles. The maximum Gasteiger partial charge on any atom is 0.124 e. The van der Waals surface area contributed by atoms with E-state index in [9.17, 15) is 0 Å². The first-order valence-corrected chi connectivity index (χ1v) is 12.2. The van der Waals surface area contributed by atoms with Crippen molar-refractivity contribution < 1.29 is 0 Å². The van der Waals surface area contributed by atoms with Gasteiger partial charge in [-0.3, -0.25) is 9.88 Å². The van der Waals surface area contributed by atoms with Gasteiger partial charge in [-0.2, -0.15) is 0 Å². The van der Waals surface area contributed by atoms with E-state index in [-0.39, 0.29) is 0 Å². The molecule has 33 heavy (non-hydrogen) atoms. The van der Waals surface area contributed by atoms with Gasteiger partial charge < -0.3 is 10.3 Å². The zero-order valence-corrected chi connectivity index (χ0v) is 19.2. The van der Waals surface area contributed by atoms with Gasteiger partial charge in [-0.25, -0.2) is 4.98 Å². The molecule has 0 amide bonds. The first-order valence-electron chi connectivity index (χ1n) is 12.2. The van der Waals surface area contributed by atoms with E-state index in [1.54, 1.807) is 0 Å². The number of nitrogens with two attached hydrogens (primary N) is 1. The molecule has 1 aliphatic rings. The van der Waals surface area contributed by atoms with Gasteiger partial charge in [0, 0.05) is 19.3 Å². The quantitative estimate of drug-likeness (QED) is 0.403. The summed E-state index contributed by atoms with van der Waals surface area (Å²) in [6, 6.07) is 23.9. The number of rotatable bonds is 9. The van der Waals surface area contributed by atoms with Crippen LogP contribution in [0.4, 0.5) is 0 Å². The highest BCUT2D eigenvalue weighted by molar-refractivity contribution is 5.75. The summed E-state index contributed by atoms with van der Waals surface area (Å²) in [4.78, 5) is 12.5. The Bertz CT molecular complexity index is 1180. The number of hydrogen-bond acceptors (Lipinski definition) is 4. The number of benzene rings is 2. The summed E-state index contributed by atoms with van der Waals surface area (Å²) in [7, 11) is 0. The molecule has 170 valence electrons. The molecular weight excluding hydrogens is 406 g/mol. The van der Waals surface area contributed by atoms with Gasteiger partial charge in [-0.1, -0.05) is 48.5 Å². The van der Waals surface area contributed by atoms with Crippen LogP contribution >= 0.6 is 0 Å². The molecule has 2 heterocycles. The van der Waals surface area contributed by atoms with Gasteiger partial charge in [0.1, 0.15) is 5.82 Å². The Hall–Kier alpha value is -3.02. The monoisotopic (exact) mass is 439 g/mol. The van der Waals surface area contributed by atoms with Crippen molar-refractivity contribution in [3.63, 3.8) is 0 Å². The van der Waals surface area contributed by atoms with Crippen molar-refractivity contribution in [1.82, 2.24) is 19.4 Å². The first kappa shape index (κ1) is 21.8. The zero-order valence-electron chi connectivity index (χ0n) is 19.2. The molecule has 0 spiro atoms. The molecule has 1 atom stereocenters. The lowest BCUT2D eigenvalue weighted by Crippen LogP contribution is -2.34. The van der Waals surface area contributed by atoms with Gasteiger partial charge in [0.25, 0.3) is 0 Å². The minimum Gasteiger partial charge on any atom is -0.330 e. The van der Waals surface area contributed by atoms with Crippen LogP contribution < -0.4 is 5.73 Å². The molecule has 0 aliphatic heterocycles. The van der Waals surface area contributed by atoms with Gasteiger partial charge in [-0.15, -0.1) is 0 Å². The van der Waals surface area contributed by atoms with E-state index in [4.69, 9.17) is 15.7 Å². The fourth-order valence-corrected chi connectivity index (χ4v) is 5.13. The number of fused-ring (bicyclic) bond motifs is 2. The highest BCUT2D eigenvalue weighted by atomic mass is 15.2. The average Bonchev–Trinajstić information content (AvgIpc) is 3.22. The third-order valence-corrected chi connectivity index (χ3v) is 6.80. The van der Waals surface area contributed by atoms with Gasteiger partial charge in [0.05, 0.1) is 29.3 Å². The summed E-state index contributed by atoms with van der Waals surface area (Å²) in [5.41, 5.74) is 12.2. The van der Waals surface area contributed by atoms with E-state index < -0.39 is 0 Å². The van der Waals surface area contributed by atoms with E-state index in [1.807, 2.05) is 6.20 Å². The molecule has 0 bridgehead atoms. The van der Waals surface area contributed by atoms with Crippen molar-refractivity contribution in [3.05, 3.63) is 95.6 Å². The molecule has 0 radical (unpaired) electrons. The van der Waals surface area contributed by atoms with E-state index in [0.717, 1.165) is 56.7 Å². The van der Waals surface area contributed by atoms with Gasteiger partial charge in [-0.05, 0) is 68.0 Å². The molecule has 1 aliphatic carbocycles. The average molecular weight is 440 g/mol. The molecule has 0 saturated heterocycles. The van der Waals surface area contributed by atoms with Crippen LogP contribution in [-0.4, -0.2) is 32.5 Å². The first-order chi connectivity index (χ1) is 16.3. The van der Waals surface area contributed by atoms with Crippen molar-refractivity contribution in [2.45, 2.75) is 51.2 Å². The highest BCUT2D eigenvalue weighted by Gasteiger charge is 2.28. The molecule has 0 saturated carbocycles. The maximum absolute atomic E-state index is 5.87. The molecule has 0 fully saturated rings. The number of para-hydroxylation sites is 2. The second-order valence-electron chi connectivity index (χ2n) is 8.97. The summed E-state index contributed by atoms with van der Waals surface area (Å²) in [6.07, 6.45) is 7.38. The largest absolute Gasteiger partial charge is 0.330 e. The van der Waals surface area contributed by atoms with Crippen LogP contribution in [-0.2, 0) is 25.9 Å². The smallest absolute Gasteiger partial charge is 0.124 e. The Morgan fingerprint density at radius 3 is 2.73 bits per heavy atom. The number of aromatic nitrogens is 3. The van der Waals surface area contributed by atoms with Crippen LogP contribution in [0.15, 0.2) is 72.9 Å². The molecule has 4 aromatic rings. The predicted molar refractivity (Wildman–Crippen MR) is 134 cm³/mol. The Kier molecular flexibility index (Phi) is 6.79. The minimum atomic E-state index is 0.321. The Balaban J connectivity index is 1.49.